The SMILES string of the molecule is C[C@H](NC(=O)OC(C)(C)C)C(=O)NC(C)(C)C(=O)N[C@@H](C)C(=O)NC(C)(C)C(=O)N[C@@H](C)C(=O)NC(C)(C)C(=O)N[C@@H](C)C(=O)NC(C)(C)C(=O)N[C@@H](C)C(=O)NC(C)(C)C(=O)N[C@@H](C)C(=O)NC(C)(C)C(=O)N[C@@H](C)C(=O)NC(C)(C)C(=O)N[C@@H](C)C(=O)NC(C)(C)C(=O)OCc1c(F)c(F)c(F)c(F)c1F. The first-order valence-corrected chi connectivity index (χ1v) is 33.9. The van der Waals surface area contributed by atoms with Crippen LogP contribution in [0.5, 0.6) is 0 Å². The molecule has 1 aromatic rings. The van der Waals surface area contributed by atoms with E-state index < -0.39 is 240 Å². The maximum atomic E-state index is 14.1. The number of rotatable bonds is 34. The largest absolute Gasteiger partial charge is 0.459 e. The summed E-state index contributed by atoms with van der Waals surface area (Å²) in [5.74, 6) is -26.3. The number of carbonyl (C=O) groups excluding carboxylic acids is 17. The van der Waals surface area contributed by atoms with Gasteiger partial charge in [0.25, 0.3) is 0 Å². The summed E-state index contributed by atoms with van der Waals surface area (Å²) in [7, 11) is 0. The van der Waals surface area contributed by atoms with Crippen LogP contribution in [0.3, 0.4) is 0 Å². The highest BCUT2D eigenvalue weighted by molar-refractivity contribution is 6.03. The fraction of sp³-hybridized carbons (Fsp3) is 0.662. The summed E-state index contributed by atoms with van der Waals surface area (Å²) in [5, 5.41) is 38.6. The number of amides is 16. The van der Waals surface area contributed by atoms with E-state index in [1.807, 2.05) is 0 Å². The molecule has 0 radical (unpaired) electrons. The van der Waals surface area contributed by atoms with Crippen LogP contribution >= 0.6 is 0 Å². The number of ether oxygens (including phenoxy) is 2. The Balaban J connectivity index is 2.81. The van der Waals surface area contributed by atoms with E-state index in [9.17, 15) is 103 Å². The quantitative estimate of drug-likeness (QED) is 0.0171. The van der Waals surface area contributed by atoms with E-state index in [0.29, 0.717) is 0 Å². The molecular formula is C68H107F5N16O19. The predicted octanol–water partition coefficient (Wildman–Crippen LogP) is -0.970. The van der Waals surface area contributed by atoms with Crippen molar-refractivity contribution in [1.29, 1.82) is 0 Å². The minimum atomic E-state index is -2.43. The summed E-state index contributed by atoms with van der Waals surface area (Å²) >= 11 is 0. The molecule has 35 nitrogen and oxygen atoms in total. The number of esters is 1. The van der Waals surface area contributed by atoms with Gasteiger partial charge in [0.2, 0.25) is 94.4 Å². The first-order chi connectivity index (χ1) is 48.5. The summed E-state index contributed by atoms with van der Waals surface area (Å²) in [6, 6.07) is -10.7. The van der Waals surface area contributed by atoms with E-state index in [1.54, 1.807) is 20.8 Å². The summed E-state index contributed by atoms with van der Waals surface area (Å²) in [5.41, 5.74) is -16.5. The lowest BCUT2D eigenvalue weighted by Crippen LogP contribution is -2.65. The van der Waals surface area contributed by atoms with Crippen molar-refractivity contribution in [2.75, 3.05) is 0 Å². The molecule has 0 aliphatic heterocycles. The molecular weight excluding hydrogens is 1440 g/mol. The molecule has 40 heteroatoms. The number of alkyl carbamates (subject to hydrolysis) is 1. The van der Waals surface area contributed by atoms with E-state index in [2.05, 4.69) is 85.1 Å². The highest BCUT2D eigenvalue weighted by Crippen LogP contribution is 2.25. The second kappa shape index (κ2) is 36.5. The van der Waals surface area contributed by atoms with Crippen molar-refractivity contribution in [3.63, 3.8) is 0 Å². The third kappa shape index (κ3) is 27.8. The van der Waals surface area contributed by atoms with Crippen molar-refractivity contribution in [1.82, 2.24) is 85.1 Å². The minimum absolute atomic E-state index is 0.740. The Kier molecular flexibility index (Phi) is 32.3. The van der Waals surface area contributed by atoms with Gasteiger partial charge < -0.3 is 94.5 Å². The van der Waals surface area contributed by atoms with Crippen LogP contribution in [0.4, 0.5) is 26.7 Å². The van der Waals surface area contributed by atoms with Crippen LogP contribution in [0.2, 0.25) is 0 Å². The lowest BCUT2D eigenvalue weighted by Gasteiger charge is -2.32. The van der Waals surface area contributed by atoms with Gasteiger partial charge in [0.05, 0.1) is 5.56 Å². The summed E-state index contributed by atoms with van der Waals surface area (Å²) in [6.07, 6.45) is -0.865. The molecule has 0 bridgehead atoms. The first kappa shape index (κ1) is 95.7. The zero-order valence-electron chi connectivity index (χ0n) is 66.0. The molecule has 0 saturated carbocycles. The van der Waals surface area contributed by atoms with Crippen molar-refractivity contribution in [2.45, 2.75) is 292 Å². The Hall–Kier alpha value is -10.3. The first-order valence-electron chi connectivity index (χ1n) is 33.9. The van der Waals surface area contributed by atoms with E-state index in [-0.39, 0.29) is 0 Å². The standard InChI is InChI=1S/C68H107F5N16O19/c1-29(74-51(98)61(12,13)82-44(91)30(2)75-53(100)63(16,17)84-46(93)32(4)77-55(102)65(20,21)86-48(95)34(6)79-57(104)67(24,25)88-50(97)36(8)81-59(106)108-60(9,10)11)43(90)83-62(14,15)52(99)76-31(3)45(92)85-64(18,19)54(101)78-33(5)47(94)87-66(22,23)56(103)80-35(7)49(96)89-68(26,27)58(105)107-28-37-38(69)40(71)42(73)41(72)39(37)70/h29-36H,28H2,1-27H3,(H,74,98)(H,75,100)(H,76,99)(H,77,102)(H,78,101)(H,79,104)(H,80,103)(H,81,106)(H,82,91)(H,83,90)(H,84,93)(H,85,92)(H,86,95)(H,87,94)(H,88,97)(H,89,96)/t29-,30-,31-,32-,33-,34-,35-,36-/m0/s1. The van der Waals surface area contributed by atoms with Crippen LogP contribution in [-0.4, -0.2) is 199 Å². The molecule has 0 fully saturated rings. The van der Waals surface area contributed by atoms with Crippen molar-refractivity contribution in [2.24, 2.45) is 0 Å². The maximum Gasteiger partial charge on any atom is 0.408 e. The number of hydrogen-bond donors (Lipinski definition) is 16. The van der Waals surface area contributed by atoms with Gasteiger partial charge in [-0.05, 0) is 187 Å². The summed E-state index contributed by atoms with van der Waals surface area (Å²) < 4.78 is 78.9. The Morgan fingerprint density at radius 1 is 0.259 bits per heavy atom. The molecule has 1 rings (SSSR count). The number of nitrogens with one attached hydrogen (secondary N) is 16. The van der Waals surface area contributed by atoms with Gasteiger partial charge in [0, 0.05) is 0 Å². The second-order valence-corrected chi connectivity index (χ2v) is 31.3. The summed E-state index contributed by atoms with van der Waals surface area (Å²) in [6.45, 7) is 33.7. The van der Waals surface area contributed by atoms with Crippen molar-refractivity contribution in [3.05, 3.63) is 34.6 Å². The van der Waals surface area contributed by atoms with Crippen LogP contribution in [-0.2, 0) is 92.8 Å². The fourth-order valence-electron chi connectivity index (χ4n) is 8.52. The molecule has 1 aromatic carbocycles. The molecule has 8 atom stereocenters. The molecule has 16 amide bonds. The topological polar surface area (TPSA) is 501 Å². The Labute approximate surface area is 623 Å². The van der Waals surface area contributed by atoms with Crippen molar-refractivity contribution in [3.8, 4) is 0 Å². The number of carbonyl (C=O) groups is 17. The van der Waals surface area contributed by atoms with Gasteiger partial charge in [0.1, 0.15) is 105 Å². The molecule has 16 N–H and O–H groups in total. The molecule has 0 heterocycles. The molecule has 0 aromatic heterocycles. The minimum Gasteiger partial charge on any atom is -0.459 e. The van der Waals surface area contributed by atoms with Crippen molar-refractivity contribution >= 4 is 101 Å². The van der Waals surface area contributed by atoms with Gasteiger partial charge in [-0.25, -0.2) is 31.5 Å². The Morgan fingerprint density at radius 2 is 0.417 bits per heavy atom. The normalized spacial score (nSPS) is 14.5. The van der Waals surface area contributed by atoms with E-state index in [1.165, 1.54) is 152 Å². The van der Waals surface area contributed by atoms with E-state index in [4.69, 9.17) is 9.47 Å². The molecule has 0 aliphatic rings. The molecule has 0 spiro atoms. The third-order valence-corrected chi connectivity index (χ3v) is 15.9. The van der Waals surface area contributed by atoms with Gasteiger partial charge in [-0.3, -0.25) is 71.9 Å². The molecule has 608 valence electrons. The van der Waals surface area contributed by atoms with Gasteiger partial charge in [0.15, 0.2) is 23.3 Å². The Bertz CT molecular complexity index is 3660. The molecule has 0 saturated heterocycles. The number of benzene rings is 1. The smallest absolute Gasteiger partial charge is 0.408 e. The highest BCUT2D eigenvalue weighted by Gasteiger charge is 2.44. The zero-order valence-corrected chi connectivity index (χ0v) is 66.0. The van der Waals surface area contributed by atoms with Gasteiger partial charge in [-0.2, -0.15) is 0 Å². The number of halogens is 5. The van der Waals surface area contributed by atoms with Crippen LogP contribution in [0.25, 0.3) is 0 Å². The third-order valence-electron chi connectivity index (χ3n) is 15.9. The second-order valence-electron chi connectivity index (χ2n) is 31.3. The van der Waals surface area contributed by atoms with Gasteiger partial charge in [-0.1, -0.05) is 0 Å². The molecule has 0 unspecified atom stereocenters. The highest BCUT2D eigenvalue weighted by atomic mass is 19.2. The lowest BCUT2D eigenvalue weighted by atomic mass is 10.0. The average Bonchev–Trinajstić information content (AvgIpc) is 0.796. The van der Waals surface area contributed by atoms with Crippen LogP contribution in [0.1, 0.15) is 193 Å². The maximum absolute atomic E-state index is 14.1. The van der Waals surface area contributed by atoms with Gasteiger partial charge >= 0.3 is 12.1 Å². The van der Waals surface area contributed by atoms with Crippen LogP contribution in [0, 0.1) is 29.1 Å². The van der Waals surface area contributed by atoms with E-state index >= 15 is 0 Å². The average molecular weight is 1550 g/mol. The zero-order chi connectivity index (χ0) is 84.8. The van der Waals surface area contributed by atoms with Crippen molar-refractivity contribution < 1.29 is 113 Å². The lowest BCUT2D eigenvalue weighted by molar-refractivity contribution is -0.154. The summed E-state index contributed by atoms with van der Waals surface area (Å²) in [4.78, 5) is 225. The van der Waals surface area contributed by atoms with Crippen LogP contribution < -0.4 is 85.1 Å². The van der Waals surface area contributed by atoms with E-state index in [0.717, 1.165) is 13.8 Å². The number of hydrogen-bond acceptors (Lipinski definition) is 19. The fourth-order valence-corrected chi connectivity index (χ4v) is 8.52. The molecule has 108 heavy (non-hydrogen) atoms. The predicted molar refractivity (Wildman–Crippen MR) is 376 cm³/mol. The van der Waals surface area contributed by atoms with Crippen LogP contribution in [0.15, 0.2) is 0 Å². The van der Waals surface area contributed by atoms with Gasteiger partial charge in [-0.15, -0.1) is 0 Å². The monoisotopic (exact) mass is 1550 g/mol. The molecule has 0 aliphatic carbocycles. The Morgan fingerprint density at radius 3 is 0.593 bits per heavy atom.